The Morgan fingerprint density at radius 1 is 1.16 bits per heavy atom. The first kappa shape index (κ1) is 16.5. The van der Waals surface area contributed by atoms with E-state index in [2.05, 4.69) is 32.0 Å². The van der Waals surface area contributed by atoms with Gasteiger partial charge in [-0.15, -0.1) is 5.10 Å². The van der Waals surface area contributed by atoms with Crippen LogP contribution in [0, 0.1) is 5.92 Å². The second-order valence-electron chi connectivity index (χ2n) is 7.22. The summed E-state index contributed by atoms with van der Waals surface area (Å²) >= 11 is 0. The van der Waals surface area contributed by atoms with Gasteiger partial charge in [-0.25, -0.2) is 4.68 Å². The number of aromatic nitrogens is 3. The Bertz CT molecular complexity index is 709. The fourth-order valence-corrected chi connectivity index (χ4v) is 3.71. The first-order chi connectivity index (χ1) is 12.3. The largest absolute Gasteiger partial charge is 0.497 e. The van der Waals surface area contributed by atoms with Gasteiger partial charge in [0, 0.05) is 39.2 Å². The van der Waals surface area contributed by atoms with Crippen LogP contribution >= 0.6 is 0 Å². The summed E-state index contributed by atoms with van der Waals surface area (Å²) in [7, 11) is 3.47. The number of nitrogens with zero attached hydrogens (tertiary/aromatic N) is 4. The molecule has 2 aliphatic rings. The van der Waals surface area contributed by atoms with Crippen molar-refractivity contribution < 1.29 is 9.47 Å². The van der Waals surface area contributed by atoms with E-state index in [0.29, 0.717) is 12.5 Å². The number of rotatable bonds is 7. The highest BCUT2D eigenvalue weighted by Crippen LogP contribution is 2.34. The molecule has 0 bridgehead atoms. The molecule has 0 N–H and O–H groups in total. The van der Waals surface area contributed by atoms with Crippen molar-refractivity contribution >= 4 is 0 Å². The van der Waals surface area contributed by atoms with Gasteiger partial charge in [-0.05, 0) is 36.5 Å². The van der Waals surface area contributed by atoms with Crippen LogP contribution in [0.1, 0.15) is 35.7 Å². The zero-order chi connectivity index (χ0) is 17.2. The smallest absolute Gasteiger partial charge is 0.118 e. The zero-order valence-corrected chi connectivity index (χ0v) is 15.0. The molecule has 134 valence electrons. The van der Waals surface area contributed by atoms with Crippen LogP contribution in [0.2, 0.25) is 0 Å². The van der Waals surface area contributed by atoms with Crippen LogP contribution in [0.25, 0.3) is 0 Å². The molecule has 0 saturated heterocycles. The van der Waals surface area contributed by atoms with Crippen LogP contribution in [0.15, 0.2) is 24.3 Å². The number of fused-ring (bicyclic) bond motifs is 1. The Balaban J connectivity index is 1.50. The molecule has 1 aromatic heterocycles. The van der Waals surface area contributed by atoms with Gasteiger partial charge in [0.25, 0.3) is 0 Å². The average Bonchev–Trinajstić information content (AvgIpc) is 3.35. The normalized spacial score (nSPS) is 20.5. The molecule has 1 aliphatic heterocycles. The average molecular weight is 342 g/mol. The maximum atomic E-state index is 5.50. The standard InChI is InChI=1S/C19H26N4O2/c1-24-13-16-11-22(9-14-5-7-17(25-2)8-6-14)12-18-19(16)23(21-20-18)10-15-3-4-15/h5-8,15-16H,3-4,9-13H2,1-2H3/t16-/m1/s1. The van der Waals surface area contributed by atoms with Crippen molar-refractivity contribution in [3.63, 3.8) is 0 Å². The summed E-state index contributed by atoms with van der Waals surface area (Å²) in [4.78, 5) is 2.43. The number of ether oxygens (including phenoxy) is 2. The topological polar surface area (TPSA) is 52.4 Å². The Morgan fingerprint density at radius 3 is 2.64 bits per heavy atom. The molecule has 1 saturated carbocycles. The minimum atomic E-state index is 0.334. The van der Waals surface area contributed by atoms with E-state index in [1.54, 1.807) is 14.2 Å². The Morgan fingerprint density at radius 2 is 1.96 bits per heavy atom. The van der Waals surface area contributed by atoms with Gasteiger partial charge in [-0.3, -0.25) is 4.90 Å². The van der Waals surface area contributed by atoms with Gasteiger partial charge in [-0.1, -0.05) is 17.3 Å². The second-order valence-corrected chi connectivity index (χ2v) is 7.22. The molecule has 4 rings (SSSR count). The third kappa shape index (κ3) is 3.70. The highest BCUT2D eigenvalue weighted by atomic mass is 16.5. The van der Waals surface area contributed by atoms with Crippen molar-refractivity contribution in [3.8, 4) is 5.75 Å². The summed E-state index contributed by atoms with van der Waals surface area (Å²) in [5.74, 6) is 2.03. The molecule has 0 spiro atoms. The van der Waals surface area contributed by atoms with Gasteiger partial charge in [0.2, 0.25) is 0 Å². The van der Waals surface area contributed by atoms with Crippen molar-refractivity contribution in [1.82, 2.24) is 19.9 Å². The lowest BCUT2D eigenvalue weighted by atomic mass is 9.98. The van der Waals surface area contributed by atoms with Crippen LogP contribution in [-0.2, 0) is 24.4 Å². The maximum absolute atomic E-state index is 5.50. The number of hydrogen-bond acceptors (Lipinski definition) is 5. The summed E-state index contributed by atoms with van der Waals surface area (Å²) in [6.07, 6.45) is 2.65. The van der Waals surface area contributed by atoms with Crippen LogP contribution in [0.5, 0.6) is 5.75 Å². The molecule has 1 atom stereocenters. The van der Waals surface area contributed by atoms with E-state index in [4.69, 9.17) is 9.47 Å². The molecule has 25 heavy (non-hydrogen) atoms. The molecular formula is C19H26N4O2. The fourth-order valence-electron chi connectivity index (χ4n) is 3.71. The third-order valence-corrected chi connectivity index (χ3v) is 5.15. The molecule has 6 heteroatoms. The highest BCUT2D eigenvalue weighted by Gasteiger charge is 2.32. The van der Waals surface area contributed by atoms with Crippen molar-refractivity contribution in [3.05, 3.63) is 41.2 Å². The molecule has 1 aromatic carbocycles. The van der Waals surface area contributed by atoms with Crippen molar-refractivity contribution in [2.75, 3.05) is 27.4 Å². The molecule has 0 amide bonds. The van der Waals surface area contributed by atoms with E-state index < -0.39 is 0 Å². The Hall–Kier alpha value is -1.92. The van der Waals surface area contributed by atoms with Crippen molar-refractivity contribution in [1.29, 1.82) is 0 Å². The molecular weight excluding hydrogens is 316 g/mol. The van der Waals surface area contributed by atoms with Crippen LogP contribution in [0.4, 0.5) is 0 Å². The van der Waals surface area contributed by atoms with E-state index in [-0.39, 0.29) is 0 Å². The lowest BCUT2D eigenvalue weighted by Crippen LogP contribution is -2.36. The van der Waals surface area contributed by atoms with E-state index >= 15 is 0 Å². The Labute approximate surface area is 148 Å². The molecule has 0 radical (unpaired) electrons. The predicted octanol–water partition coefficient (Wildman–Crippen LogP) is 2.44. The summed E-state index contributed by atoms with van der Waals surface area (Å²) in [5.41, 5.74) is 3.69. The first-order valence-electron chi connectivity index (χ1n) is 9.03. The van der Waals surface area contributed by atoms with E-state index in [1.165, 1.54) is 24.1 Å². The monoisotopic (exact) mass is 342 g/mol. The number of benzene rings is 1. The quantitative estimate of drug-likeness (QED) is 0.774. The first-order valence-corrected chi connectivity index (χ1v) is 9.03. The third-order valence-electron chi connectivity index (χ3n) is 5.15. The lowest BCUT2D eigenvalue weighted by Gasteiger charge is -2.32. The van der Waals surface area contributed by atoms with E-state index in [9.17, 15) is 0 Å². The minimum Gasteiger partial charge on any atom is -0.497 e. The zero-order valence-electron chi connectivity index (χ0n) is 15.0. The molecule has 0 unspecified atom stereocenters. The summed E-state index contributed by atoms with van der Waals surface area (Å²) in [5, 5.41) is 8.93. The molecule has 1 fully saturated rings. The summed E-state index contributed by atoms with van der Waals surface area (Å²) in [6.45, 7) is 4.46. The van der Waals surface area contributed by atoms with Gasteiger partial charge in [0.15, 0.2) is 0 Å². The van der Waals surface area contributed by atoms with Crippen molar-refractivity contribution in [2.45, 2.75) is 38.4 Å². The summed E-state index contributed by atoms with van der Waals surface area (Å²) < 4.78 is 12.9. The molecule has 2 aromatic rings. The fraction of sp³-hybridized carbons (Fsp3) is 0.579. The van der Waals surface area contributed by atoms with Crippen LogP contribution in [-0.4, -0.2) is 47.3 Å². The summed E-state index contributed by atoms with van der Waals surface area (Å²) in [6, 6.07) is 8.29. The molecule has 2 heterocycles. The van der Waals surface area contributed by atoms with Crippen LogP contribution < -0.4 is 4.74 Å². The van der Waals surface area contributed by atoms with Gasteiger partial charge in [-0.2, -0.15) is 0 Å². The maximum Gasteiger partial charge on any atom is 0.118 e. The Kier molecular flexibility index (Phi) is 4.72. The second kappa shape index (κ2) is 7.14. The van der Waals surface area contributed by atoms with E-state index in [1.807, 2.05) is 12.1 Å². The SMILES string of the molecule is COC[C@H]1CN(Cc2ccc(OC)cc2)Cc2nnn(CC3CC3)c21. The predicted molar refractivity (Wildman–Crippen MR) is 94.5 cm³/mol. The van der Waals surface area contributed by atoms with Gasteiger partial charge >= 0.3 is 0 Å². The highest BCUT2D eigenvalue weighted by molar-refractivity contribution is 5.28. The van der Waals surface area contributed by atoms with E-state index in [0.717, 1.165) is 43.5 Å². The molecule has 1 aliphatic carbocycles. The number of methoxy groups -OCH3 is 2. The van der Waals surface area contributed by atoms with Gasteiger partial charge < -0.3 is 9.47 Å². The lowest BCUT2D eigenvalue weighted by molar-refractivity contribution is 0.131. The minimum absolute atomic E-state index is 0.334. The van der Waals surface area contributed by atoms with Crippen molar-refractivity contribution in [2.24, 2.45) is 5.92 Å². The van der Waals surface area contributed by atoms with Gasteiger partial charge in [0.05, 0.1) is 19.4 Å². The molecule has 6 nitrogen and oxygen atoms in total. The number of hydrogen-bond donors (Lipinski definition) is 0. The van der Waals surface area contributed by atoms with Crippen LogP contribution in [0.3, 0.4) is 0 Å². The van der Waals surface area contributed by atoms with Gasteiger partial charge in [0.1, 0.15) is 11.4 Å².